The molecule has 0 fully saturated rings. The highest BCUT2D eigenvalue weighted by Crippen LogP contribution is 2.24. The average Bonchev–Trinajstić information content (AvgIpc) is 2.36. The van der Waals surface area contributed by atoms with Crippen LogP contribution in [0.1, 0.15) is 0 Å². The van der Waals surface area contributed by atoms with Crippen LogP contribution in [0.5, 0.6) is 0 Å². The first kappa shape index (κ1) is 11.4. The number of sulfone groups is 1. The summed E-state index contributed by atoms with van der Waals surface area (Å²) in [7, 11) is -3.55. The van der Waals surface area contributed by atoms with Crippen molar-refractivity contribution in [3.63, 3.8) is 0 Å². The van der Waals surface area contributed by atoms with Gasteiger partial charge in [-0.3, -0.25) is 0 Å². The Bertz CT molecular complexity index is 719. The molecule has 2 rings (SSSR count). The highest BCUT2D eigenvalue weighted by Gasteiger charge is 2.13. The molecule has 0 heterocycles. The standard InChI is InChI=1S/C13H9NO2S/c14-9-4-10-17(15,16)13-8-3-6-11-5-1-2-7-12(11)13/h1-8,10H/b10-4+. The van der Waals surface area contributed by atoms with Crippen molar-refractivity contribution in [1.29, 1.82) is 5.26 Å². The van der Waals surface area contributed by atoms with Gasteiger partial charge in [-0.2, -0.15) is 5.26 Å². The van der Waals surface area contributed by atoms with Gasteiger partial charge in [0.1, 0.15) is 0 Å². The Kier molecular flexibility index (Phi) is 2.94. The normalized spacial score (nSPS) is 11.7. The molecule has 17 heavy (non-hydrogen) atoms. The lowest BCUT2D eigenvalue weighted by molar-refractivity contribution is 0.605. The van der Waals surface area contributed by atoms with E-state index in [-0.39, 0.29) is 4.90 Å². The quantitative estimate of drug-likeness (QED) is 0.762. The van der Waals surface area contributed by atoms with Crippen LogP contribution >= 0.6 is 0 Å². The summed E-state index contributed by atoms with van der Waals surface area (Å²) in [5, 5.41) is 10.8. The van der Waals surface area contributed by atoms with Crippen molar-refractivity contribution < 1.29 is 8.42 Å². The fourth-order valence-electron chi connectivity index (χ4n) is 1.64. The summed E-state index contributed by atoms with van der Waals surface area (Å²) in [5.41, 5.74) is 0. The lowest BCUT2D eigenvalue weighted by atomic mass is 10.1. The van der Waals surface area contributed by atoms with Gasteiger partial charge in [-0.1, -0.05) is 36.4 Å². The molecule has 0 bridgehead atoms. The predicted molar refractivity (Wildman–Crippen MR) is 65.9 cm³/mol. The Morgan fingerprint density at radius 1 is 1.06 bits per heavy atom. The minimum Gasteiger partial charge on any atom is -0.219 e. The number of hydrogen-bond donors (Lipinski definition) is 0. The number of allylic oxidation sites excluding steroid dienone is 1. The van der Waals surface area contributed by atoms with E-state index in [2.05, 4.69) is 0 Å². The molecule has 0 aromatic heterocycles. The molecular formula is C13H9NO2S. The van der Waals surface area contributed by atoms with Gasteiger partial charge in [-0.05, 0) is 11.5 Å². The molecule has 2 aromatic carbocycles. The molecule has 0 N–H and O–H groups in total. The fourth-order valence-corrected chi connectivity index (χ4v) is 2.78. The Balaban J connectivity index is 2.73. The molecule has 0 aliphatic rings. The summed E-state index contributed by atoms with van der Waals surface area (Å²) < 4.78 is 23.9. The highest BCUT2D eigenvalue weighted by molar-refractivity contribution is 7.94. The molecule has 0 unspecified atom stereocenters. The smallest absolute Gasteiger partial charge is 0.201 e. The van der Waals surface area contributed by atoms with Crippen molar-refractivity contribution in [1.82, 2.24) is 0 Å². The van der Waals surface area contributed by atoms with Gasteiger partial charge in [0, 0.05) is 16.9 Å². The van der Waals surface area contributed by atoms with Crippen molar-refractivity contribution in [2.75, 3.05) is 0 Å². The third-order valence-corrected chi connectivity index (χ3v) is 3.84. The fraction of sp³-hybridized carbons (Fsp3) is 0. The second-order valence-corrected chi connectivity index (χ2v) is 5.26. The lowest BCUT2D eigenvalue weighted by Gasteiger charge is -2.04. The van der Waals surface area contributed by atoms with E-state index in [9.17, 15) is 8.42 Å². The Hall–Kier alpha value is -2.12. The third kappa shape index (κ3) is 2.19. The van der Waals surface area contributed by atoms with Gasteiger partial charge in [0.05, 0.1) is 11.0 Å². The highest BCUT2D eigenvalue weighted by atomic mass is 32.2. The molecule has 0 aliphatic heterocycles. The maximum atomic E-state index is 12.0. The Morgan fingerprint density at radius 2 is 1.76 bits per heavy atom. The van der Waals surface area contributed by atoms with E-state index in [0.717, 1.165) is 16.9 Å². The van der Waals surface area contributed by atoms with Gasteiger partial charge < -0.3 is 0 Å². The molecule has 0 radical (unpaired) electrons. The van der Waals surface area contributed by atoms with E-state index in [1.807, 2.05) is 18.2 Å². The average molecular weight is 243 g/mol. The topological polar surface area (TPSA) is 57.9 Å². The van der Waals surface area contributed by atoms with E-state index >= 15 is 0 Å². The maximum Gasteiger partial charge on any atom is 0.201 e. The zero-order valence-electron chi connectivity index (χ0n) is 8.87. The van der Waals surface area contributed by atoms with Crippen LogP contribution in [-0.4, -0.2) is 8.42 Å². The minimum absolute atomic E-state index is 0.224. The van der Waals surface area contributed by atoms with E-state index in [1.54, 1.807) is 30.3 Å². The molecule has 0 amide bonds. The van der Waals surface area contributed by atoms with Crippen LogP contribution < -0.4 is 0 Å². The molecule has 3 nitrogen and oxygen atoms in total. The van der Waals surface area contributed by atoms with Crippen LogP contribution in [-0.2, 0) is 9.84 Å². The predicted octanol–water partition coefficient (Wildman–Crippen LogP) is 2.65. The second-order valence-electron chi connectivity index (χ2n) is 3.45. The molecule has 0 saturated carbocycles. The van der Waals surface area contributed by atoms with Crippen molar-refractivity contribution in [2.45, 2.75) is 4.90 Å². The molecule has 0 aliphatic carbocycles. The monoisotopic (exact) mass is 243 g/mol. The Morgan fingerprint density at radius 3 is 2.53 bits per heavy atom. The van der Waals surface area contributed by atoms with Crippen molar-refractivity contribution in [3.05, 3.63) is 53.9 Å². The summed E-state index contributed by atoms with van der Waals surface area (Å²) in [4.78, 5) is 0.224. The molecular weight excluding hydrogens is 234 g/mol. The number of benzene rings is 2. The number of hydrogen-bond acceptors (Lipinski definition) is 3. The van der Waals surface area contributed by atoms with Crippen LogP contribution in [0.4, 0.5) is 0 Å². The molecule has 0 saturated heterocycles. The minimum atomic E-state index is -3.55. The summed E-state index contributed by atoms with van der Waals surface area (Å²) in [6.07, 6.45) is 0.969. The lowest BCUT2D eigenvalue weighted by Crippen LogP contribution is -1.97. The molecule has 0 atom stereocenters. The van der Waals surface area contributed by atoms with Gasteiger partial charge in [-0.25, -0.2) is 8.42 Å². The van der Waals surface area contributed by atoms with Gasteiger partial charge in [0.2, 0.25) is 9.84 Å². The van der Waals surface area contributed by atoms with Gasteiger partial charge in [-0.15, -0.1) is 0 Å². The van der Waals surface area contributed by atoms with Crippen molar-refractivity contribution in [3.8, 4) is 6.07 Å². The first-order chi connectivity index (χ1) is 8.15. The number of nitrogens with zero attached hydrogens (tertiary/aromatic N) is 1. The van der Waals surface area contributed by atoms with E-state index in [1.165, 1.54) is 0 Å². The first-order valence-electron chi connectivity index (χ1n) is 4.94. The van der Waals surface area contributed by atoms with Crippen LogP contribution in [0.3, 0.4) is 0 Å². The van der Waals surface area contributed by atoms with Gasteiger partial charge in [0.15, 0.2) is 0 Å². The van der Waals surface area contributed by atoms with Gasteiger partial charge in [0.25, 0.3) is 0 Å². The third-order valence-electron chi connectivity index (χ3n) is 2.38. The molecule has 0 spiro atoms. The molecule has 2 aromatic rings. The van der Waals surface area contributed by atoms with Crippen LogP contribution in [0.15, 0.2) is 58.8 Å². The summed E-state index contributed by atoms with van der Waals surface area (Å²) in [5.74, 6) is 0. The Labute approximate surface area is 99.5 Å². The maximum absolute atomic E-state index is 12.0. The number of fused-ring (bicyclic) bond motifs is 1. The van der Waals surface area contributed by atoms with Gasteiger partial charge >= 0.3 is 0 Å². The first-order valence-corrected chi connectivity index (χ1v) is 6.49. The zero-order chi connectivity index (χ0) is 12.3. The largest absolute Gasteiger partial charge is 0.219 e. The summed E-state index contributed by atoms with van der Waals surface area (Å²) >= 11 is 0. The van der Waals surface area contributed by atoms with Crippen molar-refractivity contribution in [2.24, 2.45) is 0 Å². The van der Waals surface area contributed by atoms with Crippen LogP contribution in [0, 0.1) is 11.3 Å². The summed E-state index contributed by atoms with van der Waals surface area (Å²) in [6.45, 7) is 0. The molecule has 4 heteroatoms. The van der Waals surface area contributed by atoms with E-state index in [4.69, 9.17) is 5.26 Å². The van der Waals surface area contributed by atoms with Crippen LogP contribution in [0.2, 0.25) is 0 Å². The van der Waals surface area contributed by atoms with Crippen LogP contribution in [0.25, 0.3) is 10.8 Å². The van der Waals surface area contributed by atoms with E-state index in [0.29, 0.717) is 5.39 Å². The SMILES string of the molecule is N#C/C=C/S(=O)(=O)c1cccc2ccccc12. The summed E-state index contributed by atoms with van der Waals surface area (Å²) in [6, 6.07) is 14.0. The number of nitriles is 1. The molecule has 84 valence electrons. The second kappa shape index (κ2) is 4.40. The van der Waals surface area contributed by atoms with E-state index < -0.39 is 9.84 Å². The van der Waals surface area contributed by atoms with Crippen molar-refractivity contribution >= 4 is 20.6 Å². The number of rotatable bonds is 2. The zero-order valence-corrected chi connectivity index (χ0v) is 9.68.